The lowest BCUT2D eigenvalue weighted by atomic mass is 10.0. The molecule has 1 N–H and O–H groups in total. The van der Waals surface area contributed by atoms with Crippen LogP contribution in [-0.2, 0) is 0 Å². The van der Waals surface area contributed by atoms with Crippen molar-refractivity contribution in [2.45, 2.75) is 18.9 Å². The average Bonchev–Trinajstić information content (AvgIpc) is 2.97. The van der Waals surface area contributed by atoms with Crippen LogP contribution in [0.2, 0.25) is 0 Å². The highest BCUT2D eigenvalue weighted by Crippen LogP contribution is 2.43. The van der Waals surface area contributed by atoms with E-state index in [1.807, 2.05) is 12.1 Å². The van der Waals surface area contributed by atoms with E-state index in [0.29, 0.717) is 6.04 Å². The fraction of sp³-hybridized carbons (Fsp3) is 0.500. The van der Waals surface area contributed by atoms with Crippen LogP contribution in [0.4, 0.5) is 0 Å². The van der Waals surface area contributed by atoms with Crippen molar-refractivity contribution >= 4 is 0 Å². The first-order valence-corrected chi connectivity index (χ1v) is 5.59. The summed E-state index contributed by atoms with van der Waals surface area (Å²) in [5.74, 6) is 2.28. The SMILES string of the molecule is COc1cc([C@H]2CCCN2)cc2c1OCO2. The number of fused-ring (bicyclic) bond motifs is 1. The van der Waals surface area contributed by atoms with Gasteiger partial charge in [-0.05, 0) is 37.1 Å². The van der Waals surface area contributed by atoms with E-state index in [9.17, 15) is 0 Å². The number of ether oxygens (including phenoxy) is 3. The summed E-state index contributed by atoms with van der Waals surface area (Å²) in [6.07, 6.45) is 2.39. The van der Waals surface area contributed by atoms with Crippen molar-refractivity contribution in [2.24, 2.45) is 0 Å². The van der Waals surface area contributed by atoms with Gasteiger partial charge in [-0.25, -0.2) is 0 Å². The molecule has 1 aromatic carbocycles. The first-order chi connectivity index (χ1) is 7.88. The van der Waals surface area contributed by atoms with Crippen molar-refractivity contribution in [2.75, 3.05) is 20.4 Å². The Labute approximate surface area is 94.5 Å². The maximum atomic E-state index is 5.41. The number of nitrogens with one attached hydrogen (secondary N) is 1. The summed E-state index contributed by atoms with van der Waals surface area (Å²) >= 11 is 0. The number of rotatable bonds is 2. The minimum Gasteiger partial charge on any atom is -0.493 e. The topological polar surface area (TPSA) is 39.7 Å². The molecule has 1 saturated heterocycles. The first kappa shape index (κ1) is 9.78. The largest absolute Gasteiger partial charge is 0.493 e. The predicted molar refractivity (Wildman–Crippen MR) is 59.1 cm³/mol. The zero-order chi connectivity index (χ0) is 11.0. The third kappa shape index (κ3) is 1.50. The molecule has 1 fully saturated rings. The van der Waals surface area contributed by atoms with E-state index < -0.39 is 0 Å². The standard InChI is InChI=1S/C12H15NO3/c1-14-10-5-8(9-3-2-4-13-9)6-11-12(10)16-7-15-11/h5-6,9,13H,2-4,7H2,1H3/t9-/m1/s1. The van der Waals surface area contributed by atoms with Crippen LogP contribution in [0.25, 0.3) is 0 Å². The van der Waals surface area contributed by atoms with Gasteiger partial charge in [0.05, 0.1) is 7.11 Å². The molecule has 0 unspecified atom stereocenters. The van der Waals surface area contributed by atoms with Gasteiger partial charge in [-0.2, -0.15) is 0 Å². The lowest BCUT2D eigenvalue weighted by molar-refractivity contribution is 0.171. The second-order valence-corrected chi connectivity index (χ2v) is 4.11. The van der Waals surface area contributed by atoms with Gasteiger partial charge in [-0.3, -0.25) is 0 Å². The van der Waals surface area contributed by atoms with Crippen LogP contribution in [0.5, 0.6) is 17.2 Å². The molecule has 0 amide bonds. The summed E-state index contributed by atoms with van der Waals surface area (Å²) in [7, 11) is 1.66. The van der Waals surface area contributed by atoms with Crippen molar-refractivity contribution in [1.82, 2.24) is 5.32 Å². The fourth-order valence-electron chi connectivity index (χ4n) is 2.32. The Kier molecular flexibility index (Phi) is 2.36. The highest BCUT2D eigenvalue weighted by molar-refractivity contribution is 5.55. The fourth-order valence-corrected chi connectivity index (χ4v) is 2.32. The molecule has 0 aliphatic carbocycles. The molecule has 2 heterocycles. The van der Waals surface area contributed by atoms with Crippen LogP contribution in [-0.4, -0.2) is 20.4 Å². The minimum absolute atomic E-state index is 0.285. The molecule has 1 aromatic rings. The summed E-state index contributed by atoms with van der Waals surface area (Å²) in [4.78, 5) is 0. The predicted octanol–water partition coefficient (Wildman–Crippen LogP) is 1.85. The monoisotopic (exact) mass is 221 g/mol. The zero-order valence-corrected chi connectivity index (χ0v) is 9.29. The van der Waals surface area contributed by atoms with E-state index in [1.165, 1.54) is 18.4 Å². The Hall–Kier alpha value is -1.42. The molecule has 16 heavy (non-hydrogen) atoms. The Morgan fingerprint density at radius 2 is 2.31 bits per heavy atom. The van der Waals surface area contributed by atoms with E-state index in [4.69, 9.17) is 14.2 Å². The Morgan fingerprint density at radius 3 is 3.06 bits per heavy atom. The third-order valence-electron chi connectivity index (χ3n) is 3.14. The molecule has 0 spiro atoms. The molecule has 86 valence electrons. The molecule has 2 aliphatic rings. The van der Waals surface area contributed by atoms with Crippen LogP contribution in [0.15, 0.2) is 12.1 Å². The summed E-state index contributed by atoms with van der Waals surface area (Å²) < 4.78 is 16.1. The number of hydrogen-bond acceptors (Lipinski definition) is 4. The van der Waals surface area contributed by atoms with Gasteiger partial charge in [0.15, 0.2) is 11.5 Å². The average molecular weight is 221 g/mol. The summed E-state index contributed by atoms with van der Waals surface area (Å²) in [6, 6.07) is 4.51. The summed E-state index contributed by atoms with van der Waals surface area (Å²) in [6.45, 7) is 1.37. The smallest absolute Gasteiger partial charge is 0.231 e. The second kappa shape index (κ2) is 3.87. The molecule has 0 radical (unpaired) electrons. The second-order valence-electron chi connectivity index (χ2n) is 4.11. The van der Waals surface area contributed by atoms with Gasteiger partial charge < -0.3 is 19.5 Å². The molecule has 4 nitrogen and oxygen atoms in total. The summed E-state index contributed by atoms with van der Waals surface area (Å²) in [5, 5.41) is 3.46. The van der Waals surface area contributed by atoms with Crippen LogP contribution < -0.4 is 19.5 Å². The lowest BCUT2D eigenvalue weighted by Gasteiger charge is -2.13. The maximum Gasteiger partial charge on any atom is 0.231 e. The molecule has 0 bridgehead atoms. The first-order valence-electron chi connectivity index (χ1n) is 5.59. The summed E-state index contributed by atoms with van der Waals surface area (Å²) in [5.41, 5.74) is 1.22. The minimum atomic E-state index is 0.285. The van der Waals surface area contributed by atoms with Crippen molar-refractivity contribution in [3.63, 3.8) is 0 Å². The van der Waals surface area contributed by atoms with Crippen LogP contribution in [0, 0.1) is 0 Å². The molecule has 3 rings (SSSR count). The number of methoxy groups -OCH3 is 1. The van der Waals surface area contributed by atoms with Crippen molar-refractivity contribution < 1.29 is 14.2 Å². The van der Waals surface area contributed by atoms with Gasteiger partial charge >= 0.3 is 0 Å². The molecule has 2 aliphatic heterocycles. The Balaban J connectivity index is 2.00. The van der Waals surface area contributed by atoms with Gasteiger partial charge in [0.25, 0.3) is 0 Å². The molecular weight excluding hydrogens is 206 g/mol. The molecule has 0 saturated carbocycles. The third-order valence-corrected chi connectivity index (χ3v) is 3.14. The van der Waals surface area contributed by atoms with Gasteiger partial charge in [0.2, 0.25) is 12.5 Å². The Morgan fingerprint density at radius 1 is 1.38 bits per heavy atom. The molecular formula is C12H15NO3. The maximum absolute atomic E-state index is 5.41. The molecule has 1 atom stereocenters. The number of hydrogen-bond donors (Lipinski definition) is 1. The van der Waals surface area contributed by atoms with Gasteiger partial charge in [0.1, 0.15) is 0 Å². The van der Waals surface area contributed by atoms with Gasteiger partial charge in [0, 0.05) is 6.04 Å². The van der Waals surface area contributed by atoms with Gasteiger partial charge in [-0.1, -0.05) is 0 Å². The molecule has 0 aromatic heterocycles. The van der Waals surface area contributed by atoms with Crippen LogP contribution in [0.3, 0.4) is 0 Å². The van der Waals surface area contributed by atoms with E-state index in [1.54, 1.807) is 7.11 Å². The van der Waals surface area contributed by atoms with Crippen LogP contribution in [0.1, 0.15) is 24.4 Å². The lowest BCUT2D eigenvalue weighted by Crippen LogP contribution is -2.12. The number of benzene rings is 1. The normalized spacial score (nSPS) is 22.4. The van der Waals surface area contributed by atoms with Crippen molar-refractivity contribution in [3.05, 3.63) is 17.7 Å². The van der Waals surface area contributed by atoms with Crippen LogP contribution >= 0.6 is 0 Å². The van der Waals surface area contributed by atoms with Crippen molar-refractivity contribution in [1.29, 1.82) is 0 Å². The van der Waals surface area contributed by atoms with E-state index in [2.05, 4.69) is 5.32 Å². The van der Waals surface area contributed by atoms with Crippen molar-refractivity contribution in [3.8, 4) is 17.2 Å². The zero-order valence-electron chi connectivity index (χ0n) is 9.29. The Bertz CT molecular complexity index is 399. The van der Waals surface area contributed by atoms with E-state index in [0.717, 1.165) is 23.8 Å². The molecule has 4 heteroatoms. The van der Waals surface area contributed by atoms with Gasteiger partial charge in [-0.15, -0.1) is 0 Å². The quantitative estimate of drug-likeness (QED) is 0.827. The highest BCUT2D eigenvalue weighted by atomic mass is 16.7. The highest BCUT2D eigenvalue weighted by Gasteiger charge is 2.24. The van der Waals surface area contributed by atoms with E-state index in [-0.39, 0.29) is 6.79 Å². The van der Waals surface area contributed by atoms with E-state index >= 15 is 0 Å².